The van der Waals surface area contributed by atoms with Gasteiger partial charge in [-0.15, -0.1) is 0 Å². The molecule has 1 aromatic carbocycles. The maximum absolute atomic E-state index is 10.5. The van der Waals surface area contributed by atoms with Crippen molar-refractivity contribution in [3.05, 3.63) is 35.9 Å². The predicted octanol–water partition coefficient (Wildman–Crippen LogP) is 2.60. The van der Waals surface area contributed by atoms with Crippen LogP contribution in [-0.4, -0.2) is 36.8 Å². The van der Waals surface area contributed by atoms with Crippen LogP contribution in [0.5, 0.6) is 0 Å². The standard InChI is InChI=1S/C17H24O4/c1-16(18,14-5-3-2-4-6-14)13-19-15-7-9-17(10-8-15)20-11-12-21-17/h2-6,15,18H,7-13H2,1H3. The van der Waals surface area contributed by atoms with Gasteiger partial charge in [0.1, 0.15) is 5.60 Å². The summed E-state index contributed by atoms with van der Waals surface area (Å²) in [5, 5.41) is 10.5. The molecule has 4 heteroatoms. The summed E-state index contributed by atoms with van der Waals surface area (Å²) in [6.07, 6.45) is 3.78. The molecule has 1 aliphatic carbocycles. The minimum absolute atomic E-state index is 0.179. The lowest BCUT2D eigenvalue weighted by molar-refractivity contribution is -0.195. The van der Waals surface area contributed by atoms with E-state index in [2.05, 4.69) is 0 Å². The second kappa shape index (κ2) is 6.05. The number of hydrogen-bond acceptors (Lipinski definition) is 4. The van der Waals surface area contributed by atoms with Crippen molar-refractivity contribution in [2.24, 2.45) is 0 Å². The van der Waals surface area contributed by atoms with Gasteiger partial charge in [0.05, 0.1) is 25.9 Å². The topological polar surface area (TPSA) is 47.9 Å². The highest BCUT2D eigenvalue weighted by atomic mass is 16.7. The second-order valence-corrected chi connectivity index (χ2v) is 6.26. The van der Waals surface area contributed by atoms with Crippen molar-refractivity contribution in [1.29, 1.82) is 0 Å². The van der Waals surface area contributed by atoms with Gasteiger partial charge in [0.2, 0.25) is 0 Å². The Bertz CT molecular complexity index is 441. The Morgan fingerprint density at radius 2 is 1.81 bits per heavy atom. The number of aliphatic hydroxyl groups is 1. The van der Waals surface area contributed by atoms with Crippen molar-refractivity contribution in [2.75, 3.05) is 19.8 Å². The highest BCUT2D eigenvalue weighted by molar-refractivity contribution is 5.21. The summed E-state index contributed by atoms with van der Waals surface area (Å²) in [6.45, 7) is 3.52. The minimum atomic E-state index is -0.948. The van der Waals surface area contributed by atoms with Crippen molar-refractivity contribution >= 4 is 0 Å². The third-order valence-corrected chi connectivity index (χ3v) is 4.50. The number of hydrogen-bond donors (Lipinski definition) is 1. The monoisotopic (exact) mass is 292 g/mol. The molecule has 1 saturated carbocycles. The molecule has 4 nitrogen and oxygen atoms in total. The largest absolute Gasteiger partial charge is 0.383 e. The lowest BCUT2D eigenvalue weighted by atomic mass is 9.91. The van der Waals surface area contributed by atoms with Crippen molar-refractivity contribution in [3.8, 4) is 0 Å². The van der Waals surface area contributed by atoms with E-state index >= 15 is 0 Å². The summed E-state index contributed by atoms with van der Waals surface area (Å²) in [7, 11) is 0. The van der Waals surface area contributed by atoms with Crippen LogP contribution in [-0.2, 0) is 19.8 Å². The normalized spacial score (nSPS) is 25.0. The molecule has 2 aliphatic rings. The number of rotatable bonds is 4. The number of ether oxygens (including phenoxy) is 3. The van der Waals surface area contributed by atoms with Crippen molar-refractivity contribution in [2.45, 2.75) is 50.1 Å². The SMILES string of the molecule is CC(O)(COC1CCC2(CC1)OCCO2)c1ccccc1. The molecule has 0 bridgehead atoms. The average Bonchev–Trinajstić information content (AvgIpc) is 2.96. The molecule has 1 atom stereocenters. The zero-order valence-corrected chi connectivity index (χ0v) is 12.6. The van der Waals surface area contributed by atoms with Gasteiger partial charge in [-0.05, 0) is 25.3 Å². The van der Waals surface area contributed by atoms with Gasteiger partial charge in [0.25, 0.3) is 0 Å². The zero-order valence-electron chi connectivity index (χ0n) is 12.6. The lowest BCUT2D eigenvalue weighted by Crippen LogP contribution is -2.39. The van der Waals surface area contributed by atoms with Crippen molar-refractivity contribution in [1.82, 2.24) is 0 Å². The smallest absolute Gasteiger partial charge is 0.168 e. The first-order chi connectivity index (χ1) is 10.1. The molecule has 0 radical (unpaired) electrons. The predicted molar refractivity (Wildman–Crippen MR) is 78.9 cm³/mol. The van der Waals surface area contributed by atoms with Crippen LogP contribution in [0.2, 0.25) is 0 Å². The quantitative estimate of drug-likeness (QED) is 0.926. The van der Waals surface area contributed by atoms with Crippen molar-refractivity contribution in [3.63, 3.8) is 0 Å². The Labute approximate surface area is 126 Å². The second-order valence-electron chi connectivity index (χ2n) is 6.26. The van der Waals surface area contributed by atoms with Gasteiger partial charge in [0, 0.05) is 12.8 Å². The molecule has 0 aromatic heterocycles. The van der Waals surface area contributed by atoms with Gasteiger partial charge in [-0.2, -0.15) is 0 Å². The third-order valence-electron chi connectivity index (χ3n) is 4.50. The summed E-state index contributed by atoms with van der Waals surface area (Å²) in [5.41, 5.74) is -0.0590. The fraction of sp³-hybridized carbons (Fsp3) is 0.647. The first kappa shape index (κ1) is 15.0. The zero-order chi connectivity index (χ0) is 14.8. The van der Waals surface area contributed by atoms with Crippen LogP contribution in [0.25, 0.3) is 0 Å². The summed E-state index contributed by atoms with van der Waals surface area (Å²) in [5.74, 6) is -0.345. The molecule has 116 valence electrons. The average molecular weight is 292 g/mol. The van der Waals surface area contributed by atoms with E-state index in [-0.39, 0.29) is 11.9 Å². The Morgan fingerprint density at radius 1 is 1.19 bits per heavy atom. The van der Waals surface area contributed by atoms with Gasteiger partial charge < -0.3 is 19.3 Å². The molecular weight excluding hydrogens is 268 g/mol. The maximum atomic E-state index is 10.5. The Kier molecular flexibility index (Phi) is 4.31. The van der Waals surface area contributed by atoms with E-state index in [1.165, 1.54) is 0 Å². The van der Waals surface area contributed by atoms with E-state index in [1.807, 2.05) is 30.3 Å². The first-order valence-corrected chi connectivity index (χ1v) is 7.77. The summed E-state index contributed by atoms with van der Waals surface area (Å²) in [6, 6.07) is 9.67. The van der Waals surface area contributed by atoms with Crippen LogP contribution >= 0.6 is 0 Å². The molecule has 1 N–H and O–H groups in total. The molecule has 1 aliphatic heterocycles. The minimum Gasteiger partial charge on any atom is -0.383 e. The maximum Gasteiger partial charge on any atom is 0.168 e. The van der Waals surface area contributed by atoms with E-state index in [0.717, 1.165) is 31.2 Å². The van der Waals surface area contributed by atoms with E-state index in [9.17, 15) is 5.11 Å². The molecule has 21 heavy (non-hydrogen) atoms. The Hall–Kier alpha value is -0.940. The van der Waals surface area contributed by atoms with E-state index in [4.69, 9.17) is 14.2 Å². The Balaban J connectivity index is 1.50. The van der Waals surface area contributed by atoms with Crippen LogP contribution in [0, 0.1) is 0 Å². The summed E-state index contributed by atoms with van der Waals surface area (Å²) in [4.78, 5) is 0. The highest BCUT2D eigenvalue weighted by Gasteiger charge is 2.41. The van der Waals surface area contributed by atoms with Gasteiger partial charge in [-0.3, -0.25) is 0 Å². The molecule has 1 aromatic rings. The van der Waals surface area contributed by atoms with Crippen LogP contribution in [0.4, 0.5) is 0 Å². The third kappa shape index (κ3) is 3.46. The van der Waals surface area contributed by atoms with Gasteiger partial charge in [0.15, 0.2) is 5.79 Å². The lowest BCUT2D eigenvalue weighted by Gasteiger charge is -2.36. The highest BCUT2D eigenvalue weighted by Crippen LogP contribution is 2.37. The van der Waals surface area contributed by atoms with E-state index in [1.54, 1.807) is 6.92 Å². The summed E-state index contributed by atoms with van der Waals surface area (Å²) < 4.78 is 17.4. The fourth-order valence-electron chi connectivity index (χ4n) is 3.14. The van der Waals surface area contributed by atoms with Crippen LogP contribution in [0.3, 0.4) is 0 Å². The van der Waals surface area contributed by atoms with Gasteiger partial charge >= 0.3 is 0 Å². The molecule has 0 amide bonds. The molecule has 3 rings (SSSR count). The summed E-state index contributed by atoms with van der Waals surface area (Å²) >= 11 is 0. The van der Waals surface area contributed by atoms with Gasteiger partial charge in [-0.25, -0.2) is 0 Å². The molecular formula is C17H24O4. The van der Waals surface area contributed by atoms with Crippen LogP contribution < -0.4 is 0 Å². The van der Waals surface area contributed by atoms with Gasteiger partial charge in [-0.1, -0.05) is 30.3 Å². The first-order valence-electron chi connectivity index (χ1n) is 7.77. The molecule has 1 saturated heterocycles. The molecule has 1 unspecified atom stereocenters. The van der Waals surface area contributed by atoms with Crippen LogP contribution in [0.1, 0.15) is 38.2 Å². The van der Waals surface area contributed by atoms with Crippen molar-refractivity contribution < 1.29 is 19.3 Å². The molecule has 1 heterocycles. The van der Waals surface area contributed by atoms with E-state index < -0.39 is 5.60 Å². The molecule has 2 fully saturated rings. The number of benzene rings is 1. The van der Waals surface area contributed by atoms with E-state index in [0.29, 0.717) is 19.8 Å². The fourth-order valence-corrected chi connectivity index (χ4v) is 3.14. The Morgan fingerprint density at radius 3 is 2.43 bits per heavy atom. The molecule has 1 spiro atoms. The van der Waals surface area contributed by atoms with Crippen LogP contribution in [0.15, 0.2) is 30.3 Å².